The Morgan fingerprint density at radius 2 is 1.78 bits per heavy atom. The van der Waals surface area contributed by atoms with Gasteiger partial charge in [-0.2, -0.15) is 13.2 Å². The standard InChI is InChI=1S/C34H39F3N4O4S/c1-19(2)12-27(41-17-22(10-11-40(5)6)25(15-29(41)42)34(35,36)37)33(45)39-26(16-30(43)44)24-13-23(14-28-32(24)38-18-46-28)31-20(3)8-7-9-21(31)4/h7-9,13-15,17-19,26-27H,10-12,16H2,1-6H3,(H,39,45)(H,43,44)/t26-,27+/m1/s1. The fourth-order valence-corrected chi connectivity index (χ4v) is 6.54. The third kappa shape index (κ3) is 8.03. The van der Waals surface area contributed by atoms with Crippen LogP contribution in [0.15, 0.2) is 52.9 Å². The molecule has 0 aliphatic heterocycles. The van der Waals surface area contributed by atoms with E-state index in [1.165, 1.54) is 11.3 Å². The molecule has 0 spiro atoms. The average molecular weight is 657 g/mol. The van der Waals surface area contributed by atoms with Gasteiger partial charge in [-0.1, -0.05) is 32.0 Å². The number of hydrogen-bond donors (Lipinski definition) is 2. The number of amides is 1. The smallest absolute Gasteiger partial charge is 0.416 e. The highest BCUT2D eigenvalue weighted by atomic mass is 32.1. The largest absolute Gasteiger partial charge is 0.481 e. The number of aryl methyl sites for hydroxylation is 2. The van der Waals surface area contributed by atoms with Crippen LogP contribution in [0.3, 0.4) is 0 Å². The molecule has 2 aromatic carbocycles. The van der Waals surface area contributed by atoms with Crippen LogP contribution in [0.5, 0.6) is 0 Å². The van der Waals surface area contributed by atoms with Gasteiger partial charge < -0.3 is 19.9 Å². The number of carboxylic acid groups (broad SMARTS) is 1. The number of nitrogens with zero attached hydrogens (tertiary/aromatic N) is 3. The number of rotatable bonds is 12. The number of benzene rings is 2. The topological polar surface area (TPSA) is 105 Å². The van der Waals surface area contributed by atoms with E-state index in [-0.39, 0.29) is 24.3 Å². The summed E-state index contributed by atoms with van der Waals surface area (Å²) < 4.78 is 43.7. The van der Waals surface area contributed by atoms with Crippen molar-refractivity contribution >= 4 is 33.4 Å². The van der Waals surface area contributed by atoms with E-state index in [2.05, 4.69) is 10.3 Å². The minimum atomic E-state index is -4.75. The van der Waals surface area contributed by atoms with Crippen LogP contribution in [0, 0.1) is 19.8 Å². The number of carbonyl (C=O) groups excluding carboxylic acids is 1. The quantitative estimate of drug-likeness (QED) is 0.174. The van der Waals surface area contributed by atoms with Crippen LogP contribution >= 0.6 is 11.3 Å². The lowest BCUT2D eigenvalue weighted by atomic mass is 9.91. The van der Waals surface area contributed by atoms with E-state index in [0.717, 1.165) is 37.7 Å². The molecule has 0 aliphatic rings. The van der Waals surface area contributed by atoms with Gasteiger partial charge in [0, 0.05) is 24.4 Å². The van der Waals surface area contributed by atoms with Crippen LogP contribution in [0.1, 0.15) is 66.6 Å². The first kappa shape index (κ1) is 34.8. The van der Waals surface area contributed by atoms with Crippen LogP contribution in [-0.4, -0.2) is 52.1 Å². The Morgan fingerprint density at radius 3 is 2.37 bits per heavy atom. The molecule has 0 saturated carbocycles. The maximum absolute atomic E-state index is 14.1. The van der Waals surface area contributed by atoms with Crippen molar-refractivity contribution in [3.63, 3.8) is 0 Å². The van der Waals surface area contributed by atoms with E-state index in [1.54, 1.807) is 24.5 Å². The van der Waals surface area contributed by atoms with Gasteiger partial charge in [-0.15, -0.1) is 11.3 Å². The average Bonchev–Trinajstić information content (AvgIpc) is 3.42. The van der Waals surface area contributed by atoms with E-state index >= 15 is 0 Å². The molecule has 12 heteroatoms. The normalized spacial score (nSPS) is 13.4. The zero-order chi connectivity index (χ0) is 33.9. The van der Waals surface area contributed by atoms with Crippen molar-refractivity contribution in [3.05, 3.63) is 86.3 Å². The van der Waals surface area contributed by atoms with Gasteiger partial charge in [0.15, 0.2) is 0 Å². The molecule has 0 aliphatic carbocycles. The zero-order valence-electron chi connectivity index (χ0n) is 26.7. The summed E-state index contributed by atoms with van der Waals surface area (Å²) in [7, 11) is 3.46. The Balaban J connectivity index is 1.82. The van der Waals surface area contributed by atoms with Crippen LogP contribution in [0.25, 0.3) is 21.3 Å². The molecule has 0 saturated heterocycles. The van der Waals surface area contributed by atoms with E-state index in [0.29, 0.717) is 23.7 Å². The Labute approximate surface area is 269 Å². The predicted molar refractivity (Wildman–Crippen MR) is 174 cm³/mol. The summed E-state index contributed by atoms with van der Waals surface area (Å²) in [4.78, 5) is 45.7. The summed E-state index contributed by atoms with van der Waals surface area (Å²) >= 11 is 1.39. The highest BCUT2D eigenvalue weighted by Gasteiger charge is 2.36. The molecule has 0 unspecified atom stereocenters. The van der Waals surface area contributed by atoms with Gasteiger partial charge in [0.2, 0.25) is 5.91 Å². The van der Waals surface area contributed by atoms with Crippen molar-refractivity contribution in [2.75, 3.05) is 20.6 Å². The van der Waals surface area contributed by atoms with Gasteiger partial charge in [0.1, 0.15) is 6.04 Å². The number of halogens is 3. The Bertz CT molecular complexity index is 1780. The Morgan fingerprint density at radius 1 is 1.11 bits per heavy atom. The molecule has 2 N–H and O–H groups in total. The van der Waals surface area contributed by atoms with E-state index in [4.69, 9.17) is 0 Å². The summed E-state index contributed by atoms with van der Waals surface area (Å²) in [5.41, 5.74) is 4.48. The third-order valence-electron chi connectivity index (χ3n) is 7.94. The van der Waals surface area contributed by atoms with Crippen molar-refractivity contribution in [1.29, 1.82) is 0 Å². The zero-order valence-corrected chi connectivity index (χ0v) is 27.6. The molecule has 246 valence electrons. The maximum atomic E-state index is 14.1. The monoisotopic (exact) mass is 656 g/mol. The van der Waals surface area contributed by atoms with Gasteiger partial charge in [-0.25, -0.2) is 4.98 Å². The van der Waals surface area contributed by atoms with Crippen LogP contribution in [-0.2, 0) is 22.2 Å². The first-order chi connectivity index (χ1) is 21.6. The highest BCUT2D eigenvalue weighted by molar-refractivity contribution is 7.16. The molecule has 1 amide bonds. The molecular weight excluding hydrogens is 617 g/mol. The summed E-state index contributed by atoms with van der Waals surface area (Å²) in [6.07, 6.45) is -3.94. The molecule has 4 rings (SSSR count). The number of aromatic nitrogens is 2. The number of carboxylic acids is 1. The second-order valence-electron chi connectivity index (χ2n) is 12.3. The molecule has 46 heavy (non-hydrogen) atoms. The molecule has 0 radical (unpaired) electrons. The van der Waals surface area contributed by atoms with Crippen LogP contribution in [0.2, 0.25) is 0 Å². The van der Waals surface area contributed by atoms with Gasteiger partial charge in [-0.3, -0.25) is 14.4 Å². The molecule has 4 aromatic rings. The molecule has 2 atom stereocenters. The fourth-order valence-electron chi connectivity index (χ4n) is 5.79. The number of hydrogen-bond acceptors (Lipinski definition) is 6. The van der Waals surface area contributed by atoms with E-state index < -0.39 is 47.7 Å². The lowest BCUT2D eigenvalue weighted by Gasteiger charge is -2.26. The Kier molecular flexibility index (Phi) is 10.7. The molecule has 8 nitrogen and oxygen atoms in total. The van der Waals surface area contributed by atoms with Crippen molar-refractivity contribution in [2.24, 2.45) is 5.92 Å². The number of fused-ring (bicyclic) bond motifs is 1. The number of pyridine rings is 1. The predicted octanol–water partition coefficient (Wildman–Crippen LogP) is 6.78. The van der Waals surface area contributed by atoms with E-state index in [1.807, 2.05) is 58.0 Å². The molecule has 0 fully saturated rings. The van der Waals surface area contributed by atoms with Crippen molar-refractivity contribution < 1.29 is 27.9 Å². The summed E-state index contributed by atoms with van der Waals surface area (Å²) in [5.74, 6) is -1.95. The second-order valence-corrected chi connectivity index (χ2v) is 13.2. The lowest BCUT2D eigenvalue weighted by Crippen LogP contribution is -2.40. The summed E-state index contributed by atoms with van der Waals surface area (Å²) in [5, 5.41) is 12.8. The number of likely N-dealkylation sites (N-methyl/N-ethyl adjacent to an activating group) is 1. The lowest BCUT2D eigenvalue weighted by molar-refractivity contribution is -0.139. The number of alkyl halides is 3. The SMILES string of the molecule is Cc1cccc(C)c1-c1cc([C@@H](CC(=O)O)NC(=O)[C@H](CC(C)C)n2cc(CCN(C)C)c(C(F)(F)F)cc2=O)c2ncsc2c1. The van der Waals surface area contributed by atoms with Gasteiger partial charge in [0.05, 0.1) is 33.8 Å². The van der Waals surface area contributed by atoms with Crippen molar-refractivity contribution in [3.8, 4) is 11.1 Å². The number of carbonyl (C=O) groups is 2. The van der Waals surface area contributed by atoms with Gasteiger partial charge >= 0.3 is 12.1 Å². The van der Waals surface area contributed by atoms with Gasteiger partial charge in [0.25, 0.3) is 5.56 Å². The number of aliphatic carboxylic acids is 1. The van der Waals surface area contributed by atoms with Gasteiger partial charge in [-0.05, 0) is 86.7 Å². The molecule has 2 aromatic heterocycles. The van der Waals surface area contributed by atoms with Crippen molar-refractivity contribution in [1.82, 2.24) is 19.8 Å². The maximum Gasteiger partial charge on any atom is 0.416 e. The van der Waals surface area contributed by atoms with E-state index in [9.17, 15) is 32.7 Å². The minimum absolute atomic E-state index is 0.00665. The van der Waals surface area contributed by atoms with Crippen LogP contribution < -0.4 is 10.9 Å². The second kappa shape index (κ2) is 14.2. The molecular formula is C34H39F3N4O4S. The first-order valence-electron chi connectivity index (χ1n) is 15.0. The summed E-state index contributed by atoms with van der Waals surface area (Å²) in [6, 6.07) is 8.09. The van der Waals surface area contributed by atoms with Crippen molar-refractivity contribution in [2.45, 2.75) is 65.2 Å². The number of nitrogens with one attached hydrogen (secondary N) is 1. The molecule has 2 heterocycles. The molecule has 0 bridgehead atoms. The Hall–Kier alpha value is -4.03. The first-order valence-corrected chi connectivity index (χ1v) is 15.9. The third-order valence-corrected chi connectivity index (χ3v) is 8.71. The number of thiazole rings is 1. The minimum Gasteiger partial charge on any atom is -0.481 e. The summed E-state index contributed by atoms with van der Waals surface area (Å²) in [6.45, 7) is 7.94. The van der Waals surface area contributed by atoms with Crippen LogP contribution in [0.4, 0.5) is 13.2 Å². The highest BCUT2D eigenvalue weighted by Crippen LogP contribution is 2.37. The fraction of sp³-hybridized carbons (Fsp3) is 0.412.